The standard InChI is InChI=1S/C12H18ClNO3/c13-9-6-10(15)14(7-9)11(12(16)17)8-4-2-1-3-5-8/h8-9,11H,1-7H2,(H,16,17). The molecule has 2 fully saturated rings. The fourth-order valence-corrected chi connectivity index (χ4v) is 3.28. The first kappa shape index (κ1) is 12.7. The highest BCUT2D eigenvalue weighted by atomic mass is 35.5. The second kappa shape index (κ2) is 5.25. The third-order valence-electron chi connectivity index (χ3n) is 3.80. The van der Waals surface area contributed by atoms with Crippen molar-refractivity contribution in [2.75, 3.05) is 6.54 Å². The summed E-state index contributed by atoms with van der Waals surface area (Å²) in [5.74, 6) is -0.883. The van der Waals surface area contributed by atoms with E-state index < -0.39 is 12.0 Å². The van der Waals surface area contributed by atoms with Gasteiger partial charge in [0.1, 0.15) is 6.04 Å². The summed E-state index contributed by atoms with van der Waals surface area (Å²) in [6.45, 7) is 0.383. The van der Waals surface area contributed by atoms with Gasteiger partial charge >= 0.3 is 5.97 Å². The average Bonchev–Trinajstić information content (AvgIpc) is 2.59. The molecule has 0 aromatic rings. The minimum absolute atomic E-state index is 0.104. The van der Waals surface area contributed by atoms with Gasteiger partial charge in [-0.25, -0.2) is 4.79 Å². The summed E-state index contributed by atoms with van der Waals surface area (Å²) < 4.78 is 0. The van der Waals surface area contributed by atoms with E-state index in [1.54, 1.807) is 0 Å². The van der Waals surface area contributed by atoms with Crippen LogP contribution in [-0.4, -0.2) is 39.8 Å². The first-order valence-corrected chi connectivity index (χ1v) is 6.69. The first-order valence-electron chi connectivity index (χ1n) is 6.26. The van der Waals surface area contributed by atoms with Crippen LogP contribution in [0.1, 0.15) is 38.5 Å². The number of amides is 1. The van der Waals surface area contributed by atoms with Gasteiger partial charge in [0.15, 0.2) is 0 Å². The van der Waals surface area contributed by atoms with Gasteiger partial charge in [-0.1, -0.05) is 19.3 Å². The lowest BCUT2D eigenvalue weighted by molar-refractivity contribution is -0.151. The topological polar surface area (TPSA) is 57.6 Å². The molecule has 1 aliphatic carbocycles. The second-order valence-electron chi connectivity index (χ2n) is 5.03. The number of hydrogen-bond acceptors (Lipinski definition) is 2. The van der Waals surface area contributed by atoms with Crippen molar-refractivity contribution in [2.45, 2.75) is 49.9 Å². The van der Waals surface area contributed by atoms with Gasteiger partial charge in [0, 0.05) is 13.0 Å². The van der Waals surface area contributed by atoms with Crippen LogP contribution in [0, 0.1) is 5.92 Å². The van der Waals surface area contributed by atoms with Gasteiger partial charge in [-0.15, -0.1) is 11.6 Å². The SMILES string of the molecule is O=C(O)C(C1CCCCC1)N1CC(Cl)CC1=O. The van der Waals surface area contributed by atoms with E-state index in [4.69, 9.17) is 11.6 Å². The molecule has 0 bridgehead atoms. The van der Waals surface area contributed by atoms with Crippen molar-refractivity contribution in [3.05, 3.63) is 0 Å². The lowest BCUT2D eigenvalue weighted by Crippen LogP contribution is -2.47. The van der Waals surface area contributed by atoms with Gasteiger partial charge in [-0.3, -0.25) is 4.79 Å². The molecule has 1 amide bonds. The Balaban J connectivity index is 2.11. The van der Waals surface area contributed by atoms with Gasteiger partial charge in [0.2, 0.25) is 5.91 Å². The van der Waals surface area contributed by atoms with Crippen LogP contribution in [-0.2, 0) is 9.59 Å². The molecule has 1 heterocycles. The summed E-state index contributed by atoms with van der Waals surface area (Å²) in [5.41, 5.74) is 0. The van der Waals surface area contributed by atoms with Gasteiger partial charge in [0.05, 0.1) is 5.38 Å². The van der Waals surface area contributed by atoms with E-state index >= 15 is 0 Å². The molecule has 4 nitrogen and oxygen atoms in total. The van der Waals surface area contributed by atoms with E-state index in [-0.39, 0.29) is 23.6 Å². The molecular formula is C12H18ClNO3. The van der Waals surface area contributed by atoms with Crippen LogP contribution in [0.15, 0.2) is 0 Å². The van der Waals surface area contributed by atoms with Crippen LogP contribution in [0.4, 0.5) is 0 Å². The lowest BCUT2D eigenvalue weighted by Gasteiger charge is -2.33. The zero-order valence-corrected chi connectivity index (χ0v) is 10.5. The summed E-state index contributed by atoms with van der Waals surface area (Å²) in [6.07, 6.45) is 5.41. The number of carbonyl (C=O) groups is 2. The van der Waals surface area contributed by atoms with E-state index in [9.17, 15) is 14.7 Å². The van der Waals surface area contributed by atoms with E-state index in [0.717, 1.165) is 25.7 Å². The van der Waals surface area contributed by atoms with Crippen LogP contribution in [0.3, 0.4) is 0 Å². The molecule has 0 aromatic heterocycles. The molecule has 0 spiro atoms. The summed E-state index contributed by atoms with van der Waals surface area (Å²) in [7, 11) is 0. The zero-order valence-electron chi connectivity index (χ0n) is 9.77. The summed E-state index contributed by atoms with van der Waals surface area (Å²) in [4.78, 5) is 24.6. The van der Waals surface area contributed by atoms with Crippen molar-refractivity contribution < 1.29 is 14.7 Å². The highest BCUT2D eigenvalue weighted by molar-refractivity contribution is 6.22. The lowest BCUT2D eigenvalue weighted by atomic mass is 9.83. The highest BCUT2D eigenvalue weighted by Gasteiger charge is 2.41. The fourth-order valence-electron chi connectivity index (χ4n) is 2.99. The molecular weight excluding hydrogens is 242 g/mol. The number of alkyl halides is 1. The van der Waals surface area contributed by atoms with Gasteiger partial charge in [-0.05, 0) is 18.8 Å². The number of carboxylic acids is 1. The maximum absolute atomic E-state index is 11.8. The molecule has 17 heavy (non-hydrogen) atoms. The Bertz CT molecular complexity index is 315. The number of carboxylic acid groups (broad SMARTS) is 1. The smallest absolute Gasteiger partial charge is 0.326 e. The van der Waals surface area contributed by atoms with Crippen molar-refractivity contribution in [1.82, 2.24) is 4.90 Å². The Morgan fingerprint density at radius 2 is 2.00 bits per heavy atom. The maximum atomic E-state index is 11.8. The van der Waals surface area contributed by atoms with Crippen molar-refractivity contribution in [1.29, 1.82) is 0 Å². The number of carbonyl (C=O) groups excluding carboxylic acids is 1. The van der Waals surface area contributed by atoms with Gasteiger partial charge < -0.3 is 10.0 Å². The molecule has 96 valence electrons. The largest absolute Gasteiger partial charge is 0.480 e. The van der Waals surface area contributed by atoms with E-state index in [2.05, 4.69) is 0 Å². The van der Waals surface area contributed by atoms with Crippen LogP contribution in [0.25, 0.3) is 0 Å². The average molecular weight is 260 g/mol. The molecule has 1 N–H and O–H groups in total. The summed E-state index contributed by atoms with van der Waals surface area (Å²) in [5, 5.41) is 9.12. The Hall–Kier alpha value is -0.770. The van der Waals surface area contributed by atoms with Crippen molar-refractivity contribution in [2.24, 2.45) is 5.92 Å². The minimum Gasteiger partial charge on any atom is -0.480 e. The quantitative estimate of drug-likeness (QED) is 0.787. The predicted octanol–water partition coefficient (Wildman–Crippen LogP) is 1.86. The van der Waals surface area contributed by atoms with Crippen LogP contribution >= 0.6 is 11.6 Å². The normalized spacial score (nSPS) is 28.4. The van der Waals surface area contributed by atoms with Crippen LogP contribution in [0.2, 0.25) is 0 Å². The molecule has 2 rings (SSSR count). The van der Waals surface area contributed by atoms with Gasteiger partial charge in [0.25, 0.3) is 0 Å². The third-order valence-corrected chi connectivity index (χ3v) is 4.09. The Morgan fingerprint density at radius 3 is 2.47 bits per heavy atom. The molecule has 1 saturated carbocycles. The number of halogens is 1. The molecule has 2 unspecified atom stereocenters. The van der Waals surface area contributed by atoms with E-state index in [1.165, 1.54) is 11.3 Å². The molecule has 5 heteroatoms. The van der Waals surface area contributed by atoms with Crippen LogP contribution in [0.5, 0.6) is 0 Å². The Morgan fingerprint density at radius 1 is 1.35 bits per heavy atom. The monoisotopic (exact) mass is 259 g/mol. The fraction of sp³-hybridized carbons (Fsp3) is 0.833. The predicted molar refractivity (Wildman–Crippen MR) is 64.0 cm³/mol. The molecule has 1 saturated heterocycles. The number of nitrogens with zero attached hydrogens (tertiary/aromatic N) is 1. The zero-order chi connectivity index (χ0) is 12.4. The molecule has 1 aliphatic heterocycles. The van der Waals surface area contributed by atoms with Crippen molar-refractivity contribution in [3.8, 4) is 0 Å². The number of aliphatic carboxylic acids is 1. The van der Waals surface area contributed by atoms with E-state index in [1.807, 2.05) is 0 Å². The van der Waals surface area contributed by atoms with E-state index in [0.29, 0.717) is 6.54 Å². The highest BCUT2D eigenvalue weighted by Crippen LogP contribution is 2.32. The number of likely N-dealkylation sites (tertiary alicyclic amines) is 1. The Labute approximate surface area is 106 Å². The number of hydrogen-bond donors (Lipinski definition) is 1. The van der Waals surface area contributed by atoms with Crippen molar-refractivity contribution in [3.63, 3.8) is 0 Å². The summed E-state index contributed by atoms with van der Waals surface area (Å²) >= 11 is 5.93. The Kier molecular flexibility index (Phi) is 3.92. The molecule has 0 aromatic carbocycles. The van der Waals surface area contributed by atoms with Gasteiger partial charge in [-0.2, -0.15) is 0 Å². The molecule has 0 radical (unpaired) electrons. The number of rotatable bonds is 3. The second-order valence-corrected chi connectivity index (χ2v) is 5.65. The maximum Gasteiger partial charge on any atom is 0.326 e. The third kappa shape index (κ3) is 2.73. The minimum atomic E-state index is -0.879. The molecule has 2 aliphatic rings. The van der Waals surface area contributed by atoms with Crippen LogP contribution < -0.4 is 0 Å². The van der Waals surface area contributed by atoms with Crippen molar-refractivity contribution >= 4 is 23.5 Å². The molecule has 2 atom stereocenters. The first-order chi connectivity index (χ1) is 8.09. The summed E-state index contributed by atoms with van der Waals surface area (Å²) in [6, 6.07) is -0.661.